The highest BCUT2D eigenvalue weighted by Crippen LogP contribution is 2.22. The van der Waals surface area contributed by atoms with Crippen molar-refractivity contribution in [1.82, 2.24) is 29.8 Å². The van der Waals surface area contributed by atoms with Crippen LogP contribution in [0.5, 0.6) is 5.88 Å². The number of nitrogens with one attached hydrogen (secondary N) is 3. The number of carbonyl (C=O) groups excluding carboxylic acids is 2. The second kappa shape index (κ2) is 12.9. The third kappa shape index (κ3) is 6.03. The summed E-state index contributed by atoms with van der Waals surface area (Å²) in [5, 5.41) is 8.43. The number of allylic oxidation sites excluding steroid dienone is 2. The lowest BCUT2D eigenvalue weighted by Crippen LogP contribution is -2.24. The smallest absolute Gasteiger partial charge is 0.279 e. The highest BCUT2D eigenvalue weighted by Gasteiger charge is 2.24. The molecule has 0 radical (unpaired) electrons. The zero-order valence-corrected chi connectivity index (χ0v) is 23.7. The van der Waals surface area contributed by atoms with Crippen LogP contribution in [-0.2, 0) is 11.2 Å². The minimum Gasteiger partial charge on any atom is -0.428 e. The number of aromatic amines is 2. The number of aliphatic imine (C=N–C) groups is 1. The lowest BCUT2D eigenvalue weighted by Gasteiger charge is -2.17. The van der Waals surface area contributed by atoms with Crippen molar-refractivity contribution in [1.29, 1.82) is 0 Å². The van der Waals surface area contributed by atoms with Gasteiger partial charge in [-0.1, -0.05) is 42.5 Å². The van der Waals surface area contributed by atoms with E-state index in [4.69, 9.17) is 4.74 Å². The van der Waals surface area contributed by atoms with Crippen LogP contribution in [0.2, 0.25) is 0 Å². The largest absolute Gasteiger partial charge is 0.428 e. The van der Waals surface area contributed by atoms with Gasteiger partial charge >= 0.3 is 0 Å². The Labute approximate surface area is 246 Å². The van der Waals surface area contributed by atoms with E-state index in [1.807, 2.05) is 24.3 Å². The highest BCUT2D eigenvalue weighted by atomic mass is 16.5. The van der Waals surface area contributed by atoms with Crippen molar-refractivity contribution >= 4 is 24.3 Å². The van der Waals surface area contributed by atoms with Crippen molar-refractivity contribution in [3.05, 3.63) is 116 Å². The molecule has 0 aliphatic carbocycles. The van der Waals surface area contributed by atoms with E-state index < -0.39 is 11.5 Å². The number of amides is 2. The fourth-order valence-electron chi connectivity index (χ4n) is 4.82. The molecule has 0 atom stereocenters. The zero-order chi connectivity index (χ0) is 30.3. The average molecular weight is 582 g/mol. The predicted octanol–water partition coefficient (Wildman–Crippen LogP) is 2.80. The SMILES string of the molecule is CN=COc1[nH]n(-c2ccccc2)c(=O)c1CC=C(C=Cc1c(C(=O)NC)[nH]n(-c2ccccc2)c1=O)N1CCCC1=O. The first-order chi connectivity index (χ1) is 20.9. The number of carbonyl (C=O) groups is 2. The Balaban J connectivity index is 1.57. The summed E-state index contributed by atoms with van der Waals surface area (Å²) in [6, 6.07) is 17.9. The number of hydrogen-bond acceptors (Lipinski definition) is 6. The van der Waals surface area contributed by atoms with Gasteiger partial charge in [0.05, 0.1) is 22.5 Å². The first-order valence-electron chi connectivity index (χ1n) is 13.7. The molecule has 2 aromatic carbocycles. The Morgan fingerprint density at radius 3 is 2.21 bits per heavy atom. The van der Waals surface area contributed by atoms with Crippen LogP contribution in [0.25, 0.3) is 17.5 Å². The normalized spacial score (nSPS) is 13.9. The lowest BCUT2D eigenvalue weighted by atomic mass is 10.1. The number of hydrogen-bond donors (Lipinski definition) is 3. The summed E-state index contributed by atoms with van der Waals surface area (Å²) in [5.74, 6) is -0.337. The molecule has 12 nitrogen and oxygen atoms in total. The van der Waals surface area contributed by atoms with E-state index in [2.05, 4.69) is 20.5 Å². The first-order valence-corrected chi connectivity index (χ1v) is 13.7. The van der Waals surface area contributed by atoms with Crippen LogP contribution < -0.4 is 21.2 Å². The van der Waals surface area contributed by atoms with E-state index in [9.17, 15) is 19.2 Å². The van der Waals surface area contributed by atoms with E-state index in [1.165, 1.54) is 28.9 Å². The summed E-state index contributed by atoms with van der Waals surface area (Å²) < 4.78 is 8.27. The summed E-state index contributed by atoms with van der Waals surface area (Å²) in [5.41, 5.74) is 1.44. The van der Waals surface area contributed by atoms with E-state index >= 15 is 0 Å². The van der Waals surface area contributed by atoms with Gasteiger partial charge in [0.15, 0.2) is 6.40 Å². The summed E-state index contributed by atoms with van der Waals surface area (Å²) in [6.07, 6.45) is 7.25. The van der Waals surface area contributed by atoms with Gasteiger partial charge in [-0.3, -0.25) is 34.4 Å². The summed E-state index contributed by atoms with van der Waals surface area (Å²) >= 11 is 0. The first kappa shape index (κ1) is 28.9. The quantitative estimate of drug-likeness (QED) is 0.150. The lowest BCUT2D eigenvalue weighted by molar-refractivity contribution is -0.125. The topological polar surface area (TPSA) is 147 Å². The van der Waals surface area contributed by atoms with E-state index in [0.717, 1.165) is 0 Å². The summed E-state index contributed by atoms with van der Waals surface area (Å²) in [7, 11) is 3.03. The summed E-state index contributed by atoms with van der Waals surface area (Å²) in [6.45, 7) is 0.478. The van der Waals surface area contributed by atoms with Crippen molar-refractivity contribution < 1.29 is 14.3 Å². The van der Waals surface area contributed by atoms with Gasteiger partial charge in [0.25, 0.3) is 17.0 Å². The Morgan fingerprint density at radius 1 is 0.977 bits per heavy atom. The van der Waals surface area contributed by atoms with E-state index in [1.54, 1.807) is 60.5 Å². The second-order valence-corrected chi connectivity index (χ2v) is 9.65. The molecule has 2 aromatic heterocycles. The molecule has 0 spiro atoms. The maximum Gasteiger partial charge on any atom is 0.279 e. The molecule has 43 heavy (non-hydrogen) atoms. The zero-order valence-electron chi connectivity index (χ0n) is 23.7. The molecule has 12 heteroatoms. The Bertz CT molecular complexity index is 1830. The van der Waals surface area contributed by atoms with Gasteiger partial charge in [-0.25, -0.2) is 9.36 Å². The molecule has 0 unspecified atom stereocenters. The molecule has 1 saturated heterocycles. The standard InChI is InChI=1S/C31H31N7O5/c1-32-20-43-29-25(31(42)38(35-29)23-12-7-4-8-13-23)18-16-21(36-19-9-14-26(36)39)15-17-24-27(28(40)33-2)34-37(30(24)41)22-10-5-3-6-11-22/h3-8,10-13,15-17,20,34-35H,9,14,18-19H2,1-2H3,(H,33,40). The second-order valence-electron chi connectivity index (χ2n) is 9.65. The number of aromatic nitrogens is 4. The van der Waals surface area contributed by atoms with Crippen molar-refractivity contribution in [3.8, 4) is 17.3 Å². The van der Waals surface area contributed by atoms with Crippen molar-refractivity contribution in [2.75, 3.05) is 20.6 Å². The van der Waals surface area contributed by atoms with Gasteiger partial charge in [0.2, 0.25) is 11.8 Å². The minimum absolute atomic E-state index is 0.0747. The Kier molecular flexibility index (Phi) is 8.66. The highest BCUT2D eigenvalue weighted by molar-refractivity contribution is 5.95. The molecular formula is C31H31N7O5. The van der Waals surface area contributed by atoms with Crippen LogP contribution in [0.1, 0.15) is 34.5 Å². The monoisotopic (exact) mass is 581 g/mol. The molecule has 1 aliphatic rings. The molecule has 3 N–H and O–H groups in total. The molecule has 1 fully saturated rings. The third-order valence-electron chi connectivity index (χ3n) is 6.96. The van der Waals surface area contributed by atoms with Crippen LogP contribution in [0, 0.1) is 0 Å². The maximum absolute atomic E-state index is 13.5. The fraction of sp³-hybridized carbons (Fsp3) is 0.194. The molecule has 4 aromatic rings. The van der Waals surface area contributed by atoms with Gasteiger partial charge in [-0.2, -0.15) is 0 Å². The van der Waals surface area contributed by atoms with Gasteiger partial charge in [0, 0.05) is 39.2 Å². The Morgan fingerprint density at radius 2 is 1.63 bits per heavy atom. The van der Waals surface area contributed by atoms with Gasteiger partial charge in [0.1, 0.15) is 5.69 Å². The van der Waals surface area contributed by atoms with Crippen LogP contribution >= 0.6 is 0 Å². The van der Waals surface area contributed by atoms with E-state index in [-0.39, 0.29) is 35.0 Å². The molecular weight excluding hydrogens is 550 g/mol. The molecule has 3 heterocycles. The Hall–Kier alpha value is -5.65. The van der Waals surface area contributed by atoms with Crippen molar-refractivity contribution in [3.63, 3.8) is 0 Å². The molecule has 2 amide bonds. The average Bonchev–Trinajstić information content (AvgIpc) is 3.71. The van der Waals surface area contributed by atoms with Crippen LogP contribution in [0.15, 0.2) is 93.1 Å². The van der Waals surface area contributed by atoms with Gasteiger partial charge in [-0.15, -0.1) is 0 Å². The predicted molar refractivity (Wildman–Crippen MR) is 163 cm³/mol. The van der Waals surface area contributed by atoms with Gasteiger partial charge in [-0.05, 0) is 42.8 Å². The van der Waals surface area contributed by atoms with Crippen LogP contribution in [-0.4, -0.2) is 63.3 Å². The number of H-pyrrole nitrogens is 2. The van der Waals surface area contributed by atoms with Gasteiger partial charge < -0.3 is 15.0 Å². The number of nitrogens with zero attached hydrogens (tertiary/aromatic N) is 4. The third-order valence-corrected chi connectivity index (χ3v) is 6.96. The minimum atomic E-state index is -0.470. The number of likely N-dealkylation sites (tertiary alicyclic amines) is 1. The van der Waals surface area contributed by atoms with Crippen molar-refractivity contribution in [2.45, 2.75) is 19.3 Å². The number of ether oxygens (including phenoxy) is 1. The maximum atomic E-state index is 13.5. The van der Waals surface area contributed by atoms with Crippen LogP contribution in [0.3, 0.4) is 0 Å². The molecule has 220 valence electrons. The molecule has 0 bridgehead atoms. The molecule has 1 aliphatic heterocycles. The molecule has 0 saturated carbocycles. The van der Waals surface area contributed by atoms with E-state index in [0.29, 0.717) is 42.0 Å². The summed E-state index contributed by atoms with van der Waals surface area (Å²) in [4.78, 5) is 57.8. The fourth-order valence-corrected chi connectivity index (χ4v) is 4.82. The number of benzene rings is 2. The van der Waals surface area contributed by atoms with Crippen LogP contribution in [0.4, 0.5) is 0 Å². The number of para-hydroxylation sites is 2. The van der Waals surface area contributed by atoms with Crippen molar-refractivity contribution in [2.24, 2.45) is 4.99 Å². The number of rotatable bonds is 10. The molecule has 5 rings (SSSR count).